The molecule has 0 radical (unpaired) electrons. The maximum Gasteiger partial charge on any atom is 0.245 e. The van der Waals surface area contributed by atoms with Gasteiger partial charge in [0.15, 0.2) is 0 Å². The first-order valence-corrected chi connectivity index (χ1v) is 8.26. The van der Waals surface area contributed by atoms with E-state index >= 15 is 0 Å². The summed E-state index contributed by atoms with van der Waals surface area (Å²) in [5.74, 6) is 0. The lowest BCUT2D eigenvalue weighted by atomic mass is 9.94. The van der Waals surface area contributed by atoms with Crippen molar-refractivity contribution in [2.45, 2.75) is 49.0 Å². The van der Waals surface area contributed by atoms with E-state index in [1.807, 2.05) is 0 Å². The summed E-state index contributed by atoms with van der Waals surface area (Å²) in [6.07, 6.45) is 7.05. The Morgan fingerprint density at radius 1 is 1.20 bits per heavy atom. The SMILES string of the molecule is N#CC1(NS(=O)(=O)c2cnc(Cl)nc2)CCCCCC1. The second-order valence-corrected chi connectivity index (χ2v) is 6.92. The zero-order chi connectivity index (χ0) is 14.6. The fourth-order valence-corrected chi connectivity index (χ4v) is 3.69. The van der Waals surface area contributed by atoms with Gasteiger partial charge in [-0.15, -0.1) is 0 Å². The highest BCUT2D eigenvalue weighted by molar-refractivity contribution is 7.89. The highest BCUT2D eigenvalue weighted by Gasteiger charge is 2.36. The Morgan fingerprint density at radius 3 is 2.25 bits per heavy atom. The van der Waals surface area contributed by atoms with E-state index in [1.165, 1.54) is 0 Å². The van der Waals surface area contributed by atoms with Crippen molar-refractivity contribution >= 4 is 21.6 Å². The third-order valence-electron chi connectivity index (χ3n) is 3.41. The van der Waals surface area contributed by atoms with E-state index < -0.39 is 15.6 Å². The average Bonchev–Trinajstić information content (AvgIpc) is 2.65. The standard InChI is InChI=1S/C12H15ClN4O2S/c13-11-15-7-10(8-16-11)20(18,19)17-12(9-14)5-3-1-2-4-6-12/h7-8,17H,1-6H2. The maximum absolute atomic E-state index is 12.3. The Morgan fingerprint density at radius 2 is 1.75 bits per heavy atom. The average molecular weight is 315 g/mol. The highest BCUT2D eigenvalue weighted by Crippen LogP contribution is 2.28. The summed E-state index contributed by atoms with van der Waals surface area (Å²) >= 11 is 5.54. The minimum Gasteiger partial charge on any atom is -0.225 e. The van der Waals surface area contributed by atoms with E-state index in [9.17, 15) is 13.7 Å². The number of nitrogens with one attached hydrogen (secondary N) is 1. The lowest BCUT2D eigenvalue weighted by Crippen LogP contribution is -2.46. The number of hydrogen-bond acceptors (Lipinski definition) is 5. The van der Waals surface area contributed by atoms with Crippen LogP contribution in [-0.4, -0.2) is 23.9 Å². The molecule has 1 aromatic rings. The van der Waals surface area contributed by atoms with Gasteiger partial charge >= 0.3 is 0 Å². The summed E-state index contributed by atoms with van der Waals surface area (Å²) < 4.78 is 27.1. The number of halogens is 1. The smallest absolute Gasteiger partial charge is 0.225 e. The normalized spacial score (nSPS) is 19.0. The molecule has 8 heteroatoms. The Hall–Kier alpha value is -1.23. The van der Waals surface area contributed by atoms with Gasteiger partial charge in [0.2, 0.25) is 15.3 Å². The van der Waals surface area contributed by atoms with Crippen molar-refractivity contribution in [3.05, 3.63) is 17.7 Å². The van der Waals surface area contributed by atoms with Crippen LogP contribution in [0.5, 0.6) is 0 Å². The van der Waals surface area contributed by atoms with E-state index in [2.05, 4.69) is 20.8 Å². The largest absolute Gasteiger partial charge is 0.245 e. The van der Waals surface area contributed by atoms with E-state index in [4.69, 9.17) is 11.6 Å². The van der Waals surface area contributed by atoms with Gasteiger partial charge in [-0.3, -0.25) is 0 Å². The van der Waals surface area contributed by atoms with E-state index in [0.29, 0.717) is 12.8 Å². The quantitative estimate of drug-likeness (QED) is 0.680. The molecular formula is C12H15ClN4O2S. The first-order valence-electron chi connectivity index (χ1n) is 6.40. The molecule has 20 heavy (non-hydrogen) atoms. The van der Waals surface area contributed by atoms with Gasteiger partial charge in [0, 0.05) is 0 Å². The molecule has 0 unspecified atom stereocenters. The van der Waals surface area contributed by atoms with Gasteiger partial charge in [0.05, 0.1) is 18.5 Å². The maximum atomic E-state index is 12.3. The number of aromatic nitrogens is 2. The fraction of sp³-hybridized carbons (Fsp3) is 0.583. The van der Waals surface area contributed by atoms with E-state index in [1.54, 1.807) is 0 Å². The monoisotopic (exact) mass is 314 g/mol. The van der Waals surface area contributed by atoms with Crippen LogP contribution in [0.2, 0.25) is 5.28 Å². The molecule has 0 atom stereocenters. The van der Waals surface area contributed by atoms with Gasteiger partial charge in [-0.2, -0.15) is 9.98 Å². The Bertz CT molecular complexity index is 601. The summed E-state index contributed by atoms with van der Waals surface area (Å²) in [5.41, 5.74) is -1.03. The first kappa shape index (κ1) is 15.2. The number of nitrogens with zero attached hydrogens (tertiary/aromatic N) is 3. The van der Waals surface area contributed by atoms with Crippen molar-refractivity contribution in [1.82, 2.24) is 14.7 Å². The Kier molecular flexibility index (Phi) is 4.58. The van der Waals surface area contributed by atoms with Crippen LogP contribution in [0.4, 0.5) is 0 Å². The van der Waals surface area contributed by atoms with Crippen molar-refractivity contribution in [2.24, 2.45) is 0 Å². The van der Waals surface area contributed by atoms with Gasteiger partial charge in [0.1, 0.15) is 10.4 Å². The van der Waals surface area contributed by atoms with Gasteiger partial charge in [-0.25, -0.2) is 18.4 Å². The fourth-order valence-electron chi connectivity index (χ4n) is 2.32. The molecule has 0 saturated heterocycles. The molecule has 0 aliphatic heterocycles. The van der Waals surface area contributed by atoms with Gasteiger partial charge in [0.25, 0.3) is 0 Å². The molecule has 0 bridgehead atoms. The lowest BCUT2D eigenvalue weighted by Gasteiger charge is -2.25. The van der Waals surface area contributed by atoms with Crippen LogP contribution in [0.1, 0.15) is 38.5 Å². The molecule has 0 aromatic carbocycles. The minimum absolute atomic E-state index is 0.0200. The third-order valence-corrected chi connectivity index (χ3v) is 5.09. The molecule has 1 aliphatic carbocycles. The molecule has 108 valence electrons. The predicted molar refractivity (Wildman–Crippen MR) is 73.4 cm³/mol. The van der Waals surface area contributed by atoms with Crippen molar-refractivity contribution in [1.29, 1.82) is 5.26 Å². The zero-order valence-corrected chi connectivity index (χ0v) is 12.4. The molecule has 6 nitrogen and oxygen atoms in total. The van der Waals surface area contributed by atoms with Crippen LogP contribution in [0.3, 0.4) is 0 Å². The molecule has 0 amide bonds. The topological polar surface area (TPSA) is 95.7 Å². The summed E-state index contributed by atoms with van der Waals surface area (Å²) in [6, 6.07) is 2.14. The van der Waals surface area contributed by atoms with Gasteiger partial charge in [-0.05, 0) is 24.4 Å². The minimum atomic E-state index is -3.82. The third kappa shape index (κ3) is 3.45. The molecule has 1 heterocycles. The van der Waals surface area contributed by atoms with Gasteiger partial charge < -0.3 is 0 Å². The summed E-state index contributed by atoms with van der Waals surface area (Å²) in [5, 5.41) is 9.37. The Labute approximate surface area is 123 Å². The second kappa shape index (κ2) is 6.04. The van der Waals surface area contributed by atoms with Gasteiger partial charge in [-0.1, -0.05) is 25.7 Å². The second-order valence-electron chi connectivity index (χ2n) is 4.90. The molecule has 2 rings (SSSR count). The number of nitriles is 1. The molecule has 1 N–H and O–H groups in total. The number of rotatable bonds is 3. The molecular weight excluding hydrogens is 300 g/mol. The molecule has 1 aromatic heterocycles. The van der Waals surface area contributed by atoms with E-state index in [0.717, 1.165) is 38.1 Å². The first-order chi connectivity index (χ1) is 9.47. The van der Waals surface area contributed by atoms with Crippen LogP contribution < -0.4 is 4.72 Å². The van der Waals surface area contributed by atoms with Crippen LogP contribution in [-0.2, 0) is 10.0 Å². The highest BCUT2D eigenvalue weighted by atomic mass is 35.5. The van der Waals surface area contributed by atoms with Crippen LogP contribution in [0.15, 0.2) is 17.3 Å². The number of sulfonamides is 1. The predicted octanol–water partition coefficient (Wildman–Crippen LogP) is 2.02. The van der Waals surface area contributed by atoms with Crippen LogP contribution in [0, 0.1) is 11.3 Å². The summed E-state index contributed by atoms with van der Waals surface area (Å²) in [4.78, 5) is 7.23. The molecule has 1 saturated carbocycles. The molecule has 1 fully saturated rings. The van der Waals surface area contributed by atoms with Crippen LogP contribution in [0.25, 0.3) is 0 Å². The van der Waals surface area contributed by atoms with Crippen LogP contribution >= 0.6 is 11.6 Å². The van der Waals surface area contributed by atoms with Crippen molar-refractivity contribution in [2.75, 3.05) is 0 Å². The lowest BCUT2D eigenvalue weighted by molar-refractivity contribution is 0.422. The van der Waals surface area contributed by atoms with Crippen molar-refractivity contribution in [3.63, 3.8) is 0 Å². The zero-order valence-electron chi connectivity index (χ0n) is 10.8. The molecule has 0 spiro atoms. The Balaban J connectivity index is 2.26. The van der Waals surface area contributed by atoms with E-state index in [-0.39, 0.29) is 10.2 Å². The van der Waals surface area contributed by atoms with Crippen molar-refractivity contribution < 1.29 is 8.42 Å². The number of hydrogen-bond donors (Lipinski definition) is 1. The van der Waals surface area contributed by atoms with Crippen molar-refractivity contribution in [3.8, 4) is 6.07 Å². The summed E-state index contributed by atoms with van der Waals surface area (Å²) in [7, 11) is -3.82. The molecule has 1 aliphatic rings. The summed E-state index contributed by atoms with van der Waals surface area (Å²) in [6.45, 7) is 0.